The highest BCUT2D eigenvalue weighted by Gasteiger charge is 2.64. The number of carbonyl (C=O) groups excluding carboxylic acids is 2. The van der Waals surface area contributed by atoms with Gasteiger partial charge in [0.15, 0.2) is 5.96 Å². The first-order valence-corrected chi connectivity index (χ1v) is 15.2. The summed E-state index contributed by atoms with van der Waals surface area (Å²) in [5.74, 6) is -0.479. The van der Waals surface area contributed by atoms with Gasteiger partial charge in [-0.3, -0.25) is 15.1 Å². The van der Waals surface area contributed by atoms with Crippen LogP contribution in [0.4, 0.5) is 18.0 Å². The van der Waals surface area contributed by atoms with E-state index in [0.29, 0.717) is 28.2 Å². The fraction of sp³-hybridized carbons (Fsp3) is 0.387. The van der Waals surface area contributed by atoms with Gasteiger partial charge in [0.2, 0.25) is 12.2 Å². The van der Waals surface area contributed by atoms with Crippen molar-refractivity contribution < 1.29 is 32.0 Å². The van der Waals surface area contributed by atoms with Crippen molar-refractivity contribution in [1.29, 1.82) is 5.41 Å². The van der Waals surface area contributed by atoms with Gasteiger partial charge in [0.05, 0.1) is 16.8 Å². The lowest BCUT2D eigenvalue weighted by atomic mass is 9.75. The smallest absolute Gasteiger partial charge is 0.411 e. The molecule has 1 saturated heterocycles. The maximum atomic E-state index is 14.8. The number of alkyl halides is 3. The van der Waals surface area contributed by atoms with Crippen LogP contribution in [0.25, 0.3) is 17.1 Å². The Labute approximate surface area is 277 Å². The van der Waals surface area contributed by atoms with E-state index in [2.05, 4.69) is 25.5 Å². The average molecular weight is 686 g/mol. The van der Waals surface area contributed by atoms with Crippen molar-refractivity contribution in [2.75, 3.05) is 6.61 Å². The van der Waals surface area contributed by atoms with Gasteiger partial charge in [0.1, 0.15) is 30.3 Å². The Bertz CT molecular complexity index is 1820. The Hall–Kier alpha value is -4.99. The Kier molecular flexibility index (Phi) is 8.17. The Balaban J connectivity index is 1.38. The van der Waals surface area contributed by atoms with Crippen LogP contribution >= 0.6 is 11.6 Å². The van der Waals surface area contributed by atoms with Gasteiger partial charge in [0.25, 0.3) is 5.91 Å². The highest BCUT2D eigenvalue weighted by molar-refractivity contribution is 6.32. The molecular weight excluding hydrogens is 655 g/mol. The number of benzene rings is 2. The molecule has 2 amide bonds. The molecule has 13 nitrogen and oxygen atoms in total. The van der Waals surface area contributed by atoms with Crippen LogP contribution in [-0.4, -0.2) is 66.1 Å². The molecule has 252 valence electrons. The van der Waals surface area contributed by atoms with Crippen LogP contribution in [0.3, 0.4) is 0 Å². The molecule has 2 aliphatic rings. The molecule has 3 N–H and O–H groups in total. The third-order valence-corrected chi connectivity index (χ3v) is 8.61. The number of rotatable bonds is 9. The fourth-order valence-corrected chi connectivity index (χ4v) is 6.09. The minimum absolute atomic E-state index is 0.242. The summed E-state index contributed by atoms with van der Waals surface area (Å²) >= 11 is 6.47. The van der Waals surface area contributed by atoms with Gasteiger partial charge in [0, 0.05) is 5.56 Å². The lowest BCUT2D eigenvalue weighted by Gasteiger charge is -2.35. The van der Waals surface area contributed by atoms with Crippen molar-refractivity contribution in [2.45, 2.75) is 63.3 Å². The van der Waals surface area contributed by atoms with Crippen LogP contribution in [0.15, 0.2) is 66.0 Å². The van der Waals surface area contributed by atoms with Crippen LogP contribution in [0.2, 0.25) is 5.02 Å². The lowest BCUT2D eigenvalue weighted by Crippen LogP contribution is -2.49. The first-order valence-electron chi connectivity index (χ1n) is 14.9. The van der Waals surface area contributed by atoms with Crippen LogP contribution in [0, 0.1) is 10.8 Å². The molecule has 6 rings (SSSR count). The summed E-state index contributed by atoms with van der Waals surface area (Å²) in [4.78, 5) is 36.7. The summed E-state index contributed by atoms with van der Waals surface area (Å²) in [5.41, 5.74) is -2.31. The molecule has 0 spiro atoms. The zero-order valence-electron chi connectivity index (χ0n) is 26.0. The van der Waals surface area contributed by atoms with Gasteiger partial charge in [-0.1, -0.05) is 67.9 Å². The van der Waals surface area contributed by atoms with E-state index < -0.39 is 47.3 Å². The monoisotopic (exact) mass is 685 g/mol. The number of alkyl carbamates (subject to hydrolysis) is 1. The number of hydrogen-bond donors (Lipinski definition) is 3. The van der Waals surface area contributed by atoms with E-state index in [0.717, 1.165) is 4.90 Å². The molecule has 2 atom stereocenters. The first-order chi connectivity index (χ1) is 22.6. The van der Waals surface area contributed by atoms with E-state index in [-0.39, 0.29) is 30.2 Å². The average Bonchev–Trinajstić information content (AvgIpc) is 3.36. The molecule has 0 unspecified atom stereocenters. The fourth-order valence-electron chi connectivity index (χ4n) is 5.89. The molecule has 2 fully saturated rings. The normalized spacial score (nSPS) is 19.6. The number of guanidine groups is 1. The second-order valence-electron chi connectivity index (χ2n) is 13.0. The standard InChI is InChI=1S/C31H31ClF3N9O4/c1-28(2,3)14-30(20-7-4-18(5-8-20)24-38-17-48-42-24)25(45)44(26(36)40-30)23(13-47-27(46)41-29(10-11-29)31(33,34)35)19-6-9-21(32)22(12-19)43-16-37-15-39-43/h4-9,12,15-17,23H,10-11,13-14H2,1-3H3,(H2,36,40)(H,41,46)/t23-,30-/m1/s1. The molecule has 0 radical (unpaired) electrons. The van der Waals surface area contributed by atoms with Gasteiger partial charge in [-0.15, -0.1) is 0 Å². The van der Waals surface area contributed by atoms with Crippen molar-refractivity contribution in [1.82, 2.24) is 40.4 Å². The summed E-state index contributed by atoms with van der Waals surface area (Å²) in [5, 5.41) is 22.3. The maximum absolute atomic E-state index is 14.8. The molecule has 1 aliphatic heterocycles. The quantitative estimate of drug-likeness (QED) is 0.205. The third kappa shape index (κ3) is 6.19. The first kappa shape index (κ1) is 32.9. The van der Waals surface area contributed by atoms with E-state index in [1.54, 1.807) is 42.5 Å². The van der Waals surface area contributed by atoms with Gasteiger partial charge in [-0.2, -0.15) is 23.3 Å². The molecule has 17 heteroatoms. The van der Waals surface area contributed by atoms with Gasteiger partial charge in [-0.05, 0) is 47.9 Å². The van der Waals surface area contributed by atoms with Crippen molar-refractivity contribution in [3.05, 3.63) is 77.7 Å². The molecule has 48 heavy (non-hydrogen) atoms. The van der Waals surface area contributed by atoms with Crippen LogP contribution in [0.1, 0.15) is 57.2 Å². The molecule has 4 aromatic rings. The number of nitrogens with one attached hydrogen (secondary N) is 3. The van der Waals surface area contributed by atoms with E-state index >= 15 is 0 Å². The molecule has 1 saturated carbocycles. The van der Waals surface area contributed by atoms with Crippen molar-refractivity contribution in [3.8, 4) is 17.1 Å². The number of carbonyl (C=O) groups is 2. The molecule has 1 aliphatic carbocycles. The Morgan fingerprint density at radius 3 is 2.50 bits per heavy atom. The van der Waals surface area contributed by atoms with E-state index in [1.807, 2.05) is 26.1 Å². The summed E-state index contributed by atoms with van der Waals surface area (Å²) in [6.45, 7) is 5.27. The van der Waals surface area contributed by atoms with Gasteiger partial charge >= 0.3 is 12.3 Å². The maximum Gasteiger partial charge on any atom is 0.411 e. The third-order valence-electron chi connectivity index (χ3n) is 8.29. The minimum atomic E-state index is -4.66. The lowest BCUT2D eigenvalue weighted by molar-refractivity contribution is -0.164. The summed E-state index contributed by atoms with van der Waals surface area (Å²) < 4.78 is 52.3. The van der Waals surface area contributed by atoms with Crippen LogP contribution in [0.5, 0.6) is 0 Å². The molecule has 2 aromatic carbocycles. The van der Waals surface area contributed by atoms with E-state index in [4.69, 9.17) is 26.3 Å². The second kappa shape index (κ2) is 11.9. The number of aromatic nitrogens is 5. The second-order valence-corrected chi connectivity index (χ2v) is 13.4. The van der Waals surface area contributed by atoms with Crippen molar-refractivity contribution in [2.24, 2.45) is 5.41 Å². The topological polar surface area (TPSA) is 164 Å². The van der Waals surface area contributed by atoms with Gasteiger partial charge in [-0.25, -0.2) is 14.5 Å². The molecule has 2 aromatic heterocycles. The zero-order valence-corrected chi connectivity index (χ0v) is 26.8. The van der Waals surface area contributed by atoms with Crippen LogP contribution in [-0.2, 0) is 15.1 Å². The number of halogens is 4. The Morgan fingerprint density at radius 2 is 1.92 bits per heavy atom. The van der Waals surface area contributed by atoms with E-state index in [9.17, 15) is 22.8 Å². The zero-order chi connectivity index (χ0) is 34.5. The minimum Gasteiger partial charge on any atom is -0.447 e. The largest absolute Gasteiger partial charge is 0.447 e. The summed E-state index contributed by atoms with van der Waals surface area (Å²) in [6, 6.07) is 10.5. The number of amides is 2. The SMILES string of the molecule is CC(C)(C)C[C@]1(c2ccc(-c3ncon3)cc2)NC(=N)N([C@H](COC(=O)NC2(C(F)(F)F)CC2)c2ccc(Cl)c(-n3cncn3)c2)C1=O. The summed E-state index contributed by atoms with van der Waals surface area (Å²) in [6.07, 6.45) is -2.34. The number of nitrogens with zero attached hydrogens (tertiary/aromatic N) is 6. The molecule has 3 heterocycles. The highest BCUT2D eigenvalue weighted by Crippen LogP contribution is 2.49. The summed E-state index contributed by atoms with van der Waals surface area (Å²) in [7, 11) is 0. The number of hydrogen-bond acceptors (Lipinski definition) is 9. The van der Waals surface area contributed by atoms with Crippen molar-refractivity contribution in [3.63, 3.8) is 0 Å². The van der Waals surface area contributed by atoms with Gasteiger partial charge < -0.3 is 19.9 Å². The number of ether oxygens (including phenoxy) is 1. The van der Waals surface area contributed by atoms with Crippen molar-refractivity contribution >= 4 is 29.6 Å². The Morgan fingerprint density at radius 1 is 1.19 bits per heavy atom. The van der Waals surface area contributed by atoms with E-state index in [1.165, 1.54) is 23.7 Å². The molecule has 0 bridgehead atoms. The predicted octanol–water partition coefficient (Wildman–Crippen LogP) is 5.53. The highest BCUT2D eigenvalue weighted by atomic mass is 35.5. The molecular formula is C31H31ClF3N9O4. The van der Waals surface area contributed by atoms with Crippen LogP contribution < -0.4 is 10.6 Å². The predicted molar refractivity (Wildman–Crippen MR) is 165 cm³/mol.